The van der Waals surface area contributed by atoms with Crippen LogP contribution in [0.2, 0.25) is 0 Å². The predicted octanol–water partition coefficient (Wildman–Crippen LogP) is 3.20. The highest BCUT2D eigenvalue weighted by Crippen LogP contribution is 2.10. The number of hydrogen-bond acceptors (Lipinski definition) is 5. The zero-order valence-electron chi connectivity index (χ0n) is 10.9. The van der Waals surface area contributed by atoms with Crippen molar-refractivity contribution in [3.63, 3.8) is 0 Å². The third-order valence-electron chi connectivity index (χ3n) is 2.79. The molecule has 0 rings (SSSR count). The van der Waals surface area contributed by atoms with Crippen molar-refractivity contribution in [3.05, 3.63) is 0 Å². The van der Waals surface area contributed by atoms with Crippen LogP contribution in [0.25, 0.3) is 0 Å². The second-order valence-corrected chi connectivity index (χ2v) is 4.42. The Kier molecular flexibility index (Phi) is 13.7. The lowest BCUT2D eigenvalue weighted by Gasteiger charge is -2.09. The van der Waals surface area contributed by atoms with Crippen LogP contribution in [0.3, 0.4) is 0 Å². The first-order chi connectivity index (χ1) is 8.31. The van der Waals surface area contributed by atoms with Crippen molar-refractivity contribution in [1.29, 1.82) is 0 Å². The van der Waals surface area contributed by atoms with Gasteiger partial charge in [-0.1, -0.05) is 45.4 Å². The summed E-state index contributed by atoms with van der Waals surface area (Å²) in [4.78, 5) is 4.48. The topological polar surface area (TPSA) is 73.9 Å². The van der Waals surface area contributed by atoms with E-state index in [1.807, 2.05) is 0 Å². The third-order valence-corrected chi connectivity index (χ3v) is 2.79. The molecule has 0 spiro atoms. The largest absolute Gasteiger partial charge is 0.328 e. The predicted molar refractivity (Wildman–Crippen MR) is 66.0 cm³/mol. The van der Waals surface area contributed by atoms with Gasteiger partial charge in [0.2, 0.25) is 0 Å². The number of unbranched alkanes of at least 4 members (excludes halogenated alkanes) is 5. The third kappa shape index (κ3) is 13.7. The van der Waals surface area contributed by atoms with Crippen LogP contribution >= 0.6 is 0 Å². The van der Waals surface area contributed by atoms with E-state index >= 15 is 0 Å². The molecule has 5 heteroatoms. The average Bonchev–Trinajstić information content (AvgIpc) is 2.32. The second kappa shape index (κ2) is 13.9. The molecule has 0 aliphatic rings. The van der Waals surface area contributed by atoms with E-state index in [4.69, 9.17) is 11.0 Å². The van der Waals surface area contributed by atoms with Gasteiger partial charge in [-0.3, -0.25) is 0 Å². The van der Waals surface area contributed by atoms with E-state index in [0.717, 1.165) is 25.7 Å². The molecule has 1 unspecified atom stereocenters. The molecular weight excluding hydrogens is 222 g/mol. The molecule has 0 saturated carbocycles. The van der Waals surface area contributed by atoms with Crippen molar-refractivity contribution < 1.29 is 20.2 Å². The first-order valence-electron chi connectivity index (χ1n) is 6.66. The lowest BCUT2D eigenvalue weighted by molar-refractivity contribution is -0.623. The molecule has 3 N–H and O–H groups in total. The summed E-state index contributed by atoms with van der Waals surface area (Å²) in [5.74, 6) is 0. The minimum Gasteiger partial charge on any atom is -0.328 e. The zero-order chi connectivity index (χ0) is 12.8. The van der Waals surface area contributed by atoms with Crippen LogP contribution in [0.5, 0.6) is 0 Å². The Morgan fingerprint density at radius 3 is 2.29 bits per heavy atom. The summed E-state index contributed by atoms with van der Waals surface area (Å²) in [6, 6.07) is 0.393. The molecule has 0 bridgehead atoms. The molecule has 0 aliphatic carbocycles. The van der Waals surface area contributed by atoms with Gasteiger partial charge in [-0.15, -0.1) is 0 Å². The molecule has 0 radical (unpaired) electrons. The molecule has 5 nitrogen and oxygen atoms in total. The summed E-state index contributed by atoms with van der Waals surface area (Å²) in [5.41, 5.74) is 5.93. The SMILES string of the molecule is CCCC(N)CCCCCCCCOOOO. The fourth-order valence-electron chi connectivity index (χ4n) is 1.85. The summed E-state index contributed by atoms with van der Waals surface area (Å²) in [6.45, 7) is 2.62. The summed E-state index contributed by atoms with van der Waals surface area (Å²) in [6.07, 6.45) is 10.4. The first kappa shape index (κ1) is 16.8. The molecule has 0 aromatic heterocycles. The lowest BCUT2D eigenvalue weighted by Crippen LogP contribution is -2.18. The number of hydrogen-bond donors (Lipinski definition) is 2. The van der Waals surface area contributed by atoms with Gasteiger partial charge >= 0.3 is 0 Å². The van der Waals surface area contributed by atoms with Gasteiger partial charge in [0.25, 0.3) is 0 Å². The van der Waals surface area contributed by atoms with Crippen molar-refractivity contribution in [2.24, 2.45) is 5.73 Å². The standard InChI is InChI=1S/C12H27NO4/c1-2-9-12(13)10-7-5-3-4-6-8-11-15-17-16-14/h12,14H,2-11,13H2,1H3. The Labute approximate surface area is 104 Å². The molecule has 0 aliphatic heterocycles. The van der Waals surface area contributed by atoms with Gasteiger partial charge in [0.1, 0.15) is 0 Å². The Morgan fingerprint density at radius 1 is 1.00 bits per heavy atom. The minimum atomic E-state index is 0.393. The monoisotopic (exact) mass is 249 g/mol. The number of nitrogens with two attached hydrogens (primary N) is 1. The normalized spacial score (nSPS) is 12.9. The molecule has 1 atom stereocenters. The van der Waals surface area contributed by atoms with Crippen molar-refractivity contribution in [2.45, 2.75) is 70.8 Å². The van der Waals surface area contributed by atoms with Crippen molar-refractivity contribution in [2.75, 3.05) is 6.61 Å². The maximum atomic E-state index is 7.79. The van der Waals surface area contributed by atoms with Crippen molar-refractivity contribution >= 4 is 0 Å². The van der Waals surface area contributed by atoms with Crippen LogP contribution in [-0.4, -0.2) is 17.9 Å². The van der Waals surface area contributed by atoms with Gasteiger partial charge in [-0.25, -0.2) is 10.1 Å². The second-order valence-electron chi connectivity index (χ2n) is 4.42. The van der Waals surface area contributed by atoms with Crippen molar-refractivity contribution in [3.8, 4) is 0 Å². The van der Waals surface area contributed by atoms with E-state index in [0.29, 0.717) is 12.6 Å². The van der Waals surface area contributed by atoms with Crippen LogP contribution in [0.4, 0.5) is 0 Å². The van der Waals surface area contributed by atoms with Gasteiger partial charge in [-0.05, 0) is 29.3 Å². The highest BCUT2D eigenvalue weighted by molar-refractivity contribution is 4.60. The van der Waals surface area contributed by atoms with E-state index in [2.05, 4.69) is 21.9 Å². The fraction of sp³-hybridized carbons (Fsp3) is 1.00. The molecule has 0 amide bonds. The maximum absolute atomic E-state index is 7.79. The Balaban J connectivity index is 2.98. The smallest absolute Gasteiger partial charge is 0.0854 e. The minimum absolute atomic E-state index is 0.393. The molecule has 17 heavy (non-hydrogen) atoms. The highest BCUT2D eigenvalue weighted by atomic mass is 17.6. The zero-order valence-corrected chi connectivity index (χ0v) is 10.9. The maximum Gasteiger partial charge on any atom is 0.0854 e. The van der Waals surface area contributed by atoms with Gasteiger partial charge in [0.05, 0.1) is 6.61 Å². The highest BCUT2D eigenvalue weighted by Gasteiger charge is 2.00. The van der Waals surface area contributed by atoms with Crippen molar-refractivity contribution in [1.82, 2.24) is 0 Å². The van der Waals surface area contributed by atoms with Gasteiger partial charge in [0, 0.05) is 6.04 Å². The molecule has 0 aromatic carbocycles. The van der Waals surface area contributed by atoms with Crippen LogP contribution in [0.15, 0.2) is 0 Å². The van der Waals surface area contributed by atoms with Gasteiger partial charge in [0.15, 0.2) is 0 Å². The molecule has 0 heterocycles. The Bertz CT molecular complexity index is 146. The first-order valence-corrected chi connectivity index (χ1v) is 6.66. The fourth-order valence-corrected chi connectivity index (χ4v) is 1.85. The number of rotatable bonds is 13. The summed E-state index contributed by atoms with van der Waals surface area (Å²) >= 11 is 0. The summed E-state index contributed by atoms with van der Waals surface area (Å²) < 4.78 is 0. The molecule has 0 fully saturated rings. The summed E-state index contributed by atoms with van der Waals surface area (Å²) in [7, 11) is 0. The van der Waals surface area contributed by atoms with Crippen LogP contribution < -0.4 is 5.73 Å². The molecule has 0 aromatic rings. The van der Waals surface area contributed by atoms with E-state index in [1.165, 1.54) is 32.1 Å². The average molecular weight is 249 g/mol. The molecule has 0 saturated heterocycles. The molecule has 104 valence electrons. The Morgan fingerprint density at radius 2 is 1.65 bits per heavy atom. The Hall–Kier alpha value is -0.200. The van der Waals surface area contributed by atoms with E-state index in [1.54, 1.807) is 0 Å². The quantitative estimate of drug-likeness (QED) is 0.298. The van der Waals surface area contributed by atoms with Crippen LogP contribution in [-0.2, 0) is 15.0 Å². The molecular formula is C12H27NO4. The summed E-state index contributed by atoms with van der Waals surface area (Å²) in [5, 5.41) is 15.0. The van der Waals surface area contributed by atoms with Crippen LogP contribution in [0.1, 0.15) is 64.7 Å². The van der Waals surface area contributed by atoms with Crippen LogP contribution in [0, 0.1) is 0 Å². The van der Waals surface area contributed by atoms with Gasteiger partial charge < -0.3 is 5.73 Å². The lowest BCUT2D eigenvalue weighted by atomic mass is 10.0. The van der Waals surface area contributed by atoms with E-state index in [9.17, 15) is 0 Å². The van der Waals surface area contributed by atoms with E-state index < -0.39 is 0 Å². The van der Waals surface area contributed by atoms with Gasteiger partial charge in [-0.2, -0.15) is 0 Å². The van der Waals surface area contributed by atoms with E-state index in [-0.39, 0.29) is 0 Å².